The van der Waals surface area contributed by atoms with E-state index in [1.54, 1.807) is 34.5 Å². The topological polar surface area (TPSA) is 85.8 Å². The Balaban J connectivity index is 1.58. The molecule has 3 heterocycles. The third-order valence-electron chi connectivity index (χ3n) is 4.90. The molecule has 0 bridgehead atoms. The molecule has 0 aliphatic rings. The first kappa shape index (κ1) is 20.4. The third kappa shape index (κ3) is 4.65. The molecule has 6 nitrogen and oxygen atoms in total. The van der Waals surface area contributed by atoms with Crippen LogP contribution in [0.4, 0.5) is 5.82 Å². The van der Waals surface area contributed by atoms with Crippen LogP contribution in [0, 0.1) is 18.8 Å². The van der Waals surface area contributed by atoms with Crippen LogP contribution >= 0.6 is 11.3 Å². The Kier molecular flexibility index (Phi) is 5.83. The maximum Gasteiger partial charge on any atom is 0.251 e. The van der Waals surface area contributed by atoms with Crippen LogP contribution in [0.2, 0.25) is 0 Å². The van der Waals surface area contributed by atoms with Gasteiger partial charge >= 0.3 is 0 Å². The highest BCUT2D eigenvalue weighted by atomic mass is 32.1. The minimum absolute atomic E-state index is 0.131. The van der Waals surface area contributed by atoms with Crippen molar-refractivity contribution in [1.82, 2.24) is 20.1 Å². The molecule has 31 heavy (non-hydrogen) atoms. The van der Waals surface area contributed by atoms with Crippen molar-refractivity contribution in [2.45, 2.75) is 13.5 Å². The van der Waals surface area contributed by atoms with E-state index in [0.717, 1.165) is 27.9 Å². The molecule has 0 fully saturated rings. The van der Waals surface area contributed by atoms with Gasteiger partial charge in [-0.1, -0.05) is 17.9 Å². The van der Waals surface area contributed by atoms with E-state index in [4.69, 9.17) is 5.73 Å². The van der Waals surface area contributed by atoms with Crippen molar-refractivity contribution in [3.63, 3.8) is 0 Å². The predicted octanol–water partition coefficient (Wildman–Crippen LogP) is 3.76. The van der Waals surface area contributed by atoms with Gasteiger partial charge in [-0.3, -0.25) is 9.48 Å². The van der Waals surface area contributed by atoms with Gasteiger partial charge in [0.05, 0.1) is 11.3 Å². The Morgan fingerprint density at radius 1 is 1.19 bits per heavy atom. The molecule has 0 saturated heterocycles. The lowest BCUT2D eigenvalue weighted by Crippen LogP contribution is -2.22. The molecule has 4 aromatic rings. The van der Waals surface area contributed by atoms with Crippen molar-refractivity contribution in [2.75, 3.05) is 5.73 Å². The number of anilines is 1. The van der Waals surface area contributed by atoms with E-state index in [0.29, 0.717) is 23.5 Å². The average molecular weight is 428 g/mol. The fraction of sp³-hybridized carbons (Fsp3) is 0.125. The molecule has 1 aromatic carbocycles. The van der Waals surface area contributed by atoms with Crippen LogP contribution in [0.15, 0.2) is 59.6 Å². The van der Waals surface area contributed by atoms with E-state index in [-0.39, 0.29) is 5.91 Å². The van der Waals surface area contributed by atoms with Crippen LogP contribution in [0.25, 0.3) is 11.3 Å². The van der Waals surface area contributed by atoms with E-state index in [9.17, 15) is 4.79 Å². The van der Waals surface area contributed by atoms with Crippen molar-refractivity contribution < 1.29 is 4.79 Å². The largest absolute Gasteiger partial charge is 0.383 e. The zero-order valence-electron chi connectivity index (χ0n) is 17.2. The SMILES string of the molecule is Cc1ccc(C(=O)NCc2ccsc2)cc1C#Cc1cc(-c2ccnn2C)cnc1N. The average Bonchev–Trinajstić information content (AvgIpc) is 3.44. The summed E-state index contributed by atoms with van der Waals surface area (Å²) in [6.45, 7) is 2.46. The molecule has 3 N–H and O–H groups in total. The van der Waals surface area contributed by atoms with Gasteiger partial charge in [0, 0.05) is 42.7 Å². The number of amides is 1. The van der Waals surface area contributed by atoms with Crippen LogP contribution < -0.4 is 11.1 Å². The van der Waals surface area contributed by atoms with E-state index >= 15 is 0 Å². The van der Waals surface area contributed by atoms with Gasteiger partial charge in [0.15, 0.2) is 0 Å². The number of rotatable bonds is 4. The third-order valence-corrected chi connectivity index (χ3v) is 5.63. The summed E-state index contributed by atoms with van der Waals surface area (Å²) in [5.74, 6) is 6.50. The van der Waals surface area contributed by atoms with E-state index in [2.05, 4.69) is 27.2 Å². The molecule has 154 valence electrons. The molecule has 4 rings (SSSR count). The summed E-state index contributed by atoms with van der Waals surface area (Å²) >= 11 is 1.61. The number of nitrogens with zero attached hydrogens (tertiary/aromatic N) is 3. The minimum Gasteiger partial charge on any atom is -0.383 e. The molecule has 0 unspecified atom stereocenters. The summed E-state index contributed by atoms with van der Waals surface area (Å²) in [6, 6.07) is 11.3. The van der Waals surface area contributed by atoms with Crippen molar-refractivity contribution >= 4 is 23.1 Å². The number of hydrogen-bond donors (Lipinski definition) is 2. The lowest BCUT2D eigenvalue weighted by molar-refractivity contribution is 0.0951. The van der Waals surface area contributed by atoms with Crippen LogP contribution in [0.5, 0.6) is 0 Å². The second-order valence-electron chi connectivity index (χ2n) is 7.09. The molecule has 0 aliphatic heterocycles. The Hall–Kier alpha value is -3.89. The maximum absolute atomic E-state index is 12.5. The van der Waals surface area contributed by atoms with Crippen LogP contribution in [0.1, 0.15) is 32.6 Å². The van der Waals surface area contributed by atoms with Gasteiger partial charge in [0.1, 0.15) is 5.82 Å². The number of carbonyl (C=O) groups is 1. The van der Waals surface area contributed by atoms with Gasteiger partial charge in [-0.05, 0) is 59.1 Å². The van der Waals surface area contributed by atoms with Gasteiger partial charge in [0.2, 0.25) is 0 Å². The second kappa shape index (κ2) is 8.86. The molecule has 0 spiro atoms. The number of thiophene rings is 1. The normalized spacial score (nSPS) is 10.4. The first-order valence-electron chi connectivity index (χ1n) is 9.67. The quantitative estimate of drug-likeness (QED) is 0.486. The number of aryl methyl sites for hydroxylation is 2. The molecule has 0 radical (unpaired) electrons. The zero-order valence-corrected chi connectivity index (χ0v) is 18.0. The summed E-state index contributed by atoms with van der Waals surface area (Å²) < 4.78 is 1.77. The van der Waals surface area contributed by atoms with Crippen molar-refractivity contribution in [3.05, 3.63) is 87.4 Å². The Morgan fingerprint density at radius 2 is 2.03 bits per heavy atom. The number of aromatic nitrogens is 3. The van der Waals surface area contributed by atoms with Crippen molar-refractivity contribution in [1.29, 1.82) is 0 Å². The first-order valence-corrected chi connectivity index (χ1v) is 10.6. The molecular weight excluding hydrogens is 406 g/mol. The number of carbonyl (C=O) groups excluding carboxylic acids is 1. The van der Waals surface area contributed by atoms with E-state index in [1.165, 1.54) is 0 Å². The molecule has 0 aliphatic carbocycles. The summed E-state index contributed by atoms with van der Waals surface area (Å²) in [7, 11) is 1.87. The smallest absolute Gasteiger partial charge is 0.251 e. The summed E-state index contributed by atoms with van der Waals surface area (Å²) in [4.78, 5) is 16.8. The van der Waals surface area contributed by atoms with Gasteiger partial charge in [-0.2, -0.15) is 16.4 Å². The number of pyridine rings is 1. The lowest BCUT2D eigenvalue weighted by Gasteiger charge is -2.06. The fourth-order valence-electron chi connectivity index (χ4n) is 3.08. The first-order chi connectivity index (χ1) is 15.0. The number of nitrogens with one attached hydrogen (secondary N) is 1. The van der Waals surface area contributed by atoms with Gasteiger partial charge in [-0.15, -0.1) is 0 Å². The van der Waals surface area contributed by atoms with Crippen molar-refractivity contribution in [3.8, 4) is 23.1 Å². The van der Waals surface area contributed by atoms with E-state index < -0.39 is 0 Å². The number of nitrogen functional groups attached to an aromatic ring is 1. The Labute approximate surface area is 184 Å². The highest BCUT2D eigenvalue weighted by molar-refractivity contribution is 7.07. The van der Waals surface area contributed by atoms with Crippen LogP contribution in [0.3, 0.4) is 0 Å². The molecule has 0 atom stereocenters. The number of benzene rings is 1. The zero-order chi connectivity index (χ0) is 21.8. The van der Waals surface area contributed by atoms with Gasteiger partial charge in [0.25, 0.3) is 5.91 Å². The summed E-state index contributed by atoms with van der Waals surface area (Å²) in [5.41, 5.74) is 11.9. The van der Waals surface area contributed by atoms with Gasteiger partial charge < -0.3 is 11.1 Å². The Bertz CT molecular complexity index is 1300. The monoisotopic (exact) mass is 427 g/mol. The highest BCUT2D eigenvalue weighted by Crippen LogP contribution is 2.21. The van der Waals surface area contributed by atoms with Crippen molar-refractivity contribution in [2.24, 2.45) is 7.05 Å². The lowest BCUT2D eigenvalue weighted by atomic mass is 10.0. The second-order valence-corrected chi connectivity index (χ2v) is 7.87. The molecule has 7 heteroatoms. The highest BCUT2D eigenvalue weighted by Gasteiger charge is 2.09. The predicted molar refractivity (Wildman–Crippen MR) is 123 cm³/mol. The maximum atomic E-state index is 12.5. The number of hydrogen-bond acceptors (Lipinski definition) is 5. The van der Waals surface area contributed by atoms with E-state index in [1.807, 2.05) is 55.1 Å². The minimum atomic E-state index is -0.131. The summed E-state index contributed by atoms with van der Waals surface area (Å²) in [5, 5.41) is 11.1. The standard InChI is InChI=1S/C24H21N5OS/c1-16-3-4-20(24(30)27-13-17-8-10-31-15-17)11-18(16)5-6-19-12-21(14-26-23(19)25)22-7-9-28-29(22)2/h3-4,7-12,14-15H,13H2,1-2H3,(H2,25,26)(H,27,30). The molecule has 3 aromatic heterocycles. The fourth-order valence-corrected chi connectivity index (χ4v) is 3.75. The molecule has 1 amide bonds. The molecule has 0 saturated carbocycles. The Morgan fingerprint density at radius 3 is 2.77 bits per heavy atom. The van der Waals surface area contributed by atoms with Gasteiger partial charge in [-0.25, -0.2) is 4.98 Å². The molecular formula is C24H21N5OS. The van der Waals surface area contributed by atoms with Crippen LogP contribution in [-0.2, 0) is 13.6 Å². The van der Waals surface area contributed by atoms with Crippen LogP contribution in [-0.4, -0.2) is 20.7 Å². The summed E-state index contributed by atoms with van der Waals surface area (Å²) in [6.07, 6.45) is 3.44. The number of nitrogens with two attached hydrogens (primary N) is 1.